The Morgan fingerprint density at radius 3 is 2.64 bits per heavy atom. The molecule has 4 rings (SSSR count). The van der Waals surface area contributed by atoms with Gasteiger partial charge in [-0.1, -0.05) is 19.9 Å². The van der Waals surface area contributed by atoms with Crippen LogP contribution in [0.4, 0.5) is 0 Å². The number of hydrogen-bond donors (Lipinski definition) is 0. The van der Waals surface area contributed by atoms with Gasteiger partial charge in [0.05, 0.1) is 12.4 Å². The molecular formula is C20H24O5. The van der Waals surface area contributed by atoms with E-state index >= 15 is 0 Å². The second kappa shape index (κ2) is 5.07. The van der Waals surface area contributed by atoms with E-state index in [9.17, 15) is 9.59 Å². The van der Waals surface area contributed by atoms with Gasteiger partial charge in [0.2, 0.25) is 5.78 Å². The van der Waals surface area contributed by atoms with Gasteiger partial charge in [0.1, 0.15) is 6.10 Å². The summed E-state index contributed by atoms with van der Waals surface area (Å²) in [5.74, 6) is 0.0704. The summed E-state index contributed by atoms with van der Waals surface area (Å²) >= 11 is 0. The molecule has 0 N–H and O–H groups in total. The molecule has 0 radical (unpaired) electrons. The Morgan fingerprint density at radius 1 is 1.32 bits per heavy atom. The molecule has 0 amide bonds. The van der Waals surface area contributed by atoms with Crippen LogP contribution >= 0.6 is 0 Å². The van der Waals surface area contributed by atoms with Crippen LogP contribution in [0.15, 0.2) is 22.3 Å². The summed E-state index contributed by atoms with van der Waals surface area (Å²) in [6.45, 7) is 9.66. The fourth-order valence-electron chi connectivity index (χ4n) is 4.33. The lowest BCUT2D eigenvalue weighted by molar-refractivity contribution is -0.163. The number of carbonyl (C=O) groups is 2. The zero-order valence-electron chi connectivity index (χ0n) is 15.3. The fraction of sp³-hybridized carbons (Fsp3) is 0.600. The SMILES string of the molecule is Cc1coc2c1C(OC(=O)C1(C)OC1C)C1(C)C(=CCCC1C)C2=O. The monoisotopic (exact) mass is 344 g/mol. The number of carbonyl (C=O) groups excluding carboxylic acids is 2. The van der Waals surface area contributed by atoms with Crippen molar-refractivity contribution in [1.82, 2.24) is 0 Å². The van der Waals surface area contributed by atoms with Crippen molar-refractivity contribution >= 4 is 11.8 Å². The molecule has 5 heteroatoms. The van der Waals surface area contributed by atoms with E-state index in [4.69, 9.17) is 13.9 Å². The molecule has 0 saturated carbocycles. The van der Waals surface area contributed by atoms with Crippen LogP contribution in [0.3, 0.4) is 0 Å². The number of aryl methyl sites for hydroxylation is 1. The molecule has 1 saturated heterocycles. The number of ether oxygens (including phenoxy) is 2. The molecule has 1 fully saturated rings. The molecule has 25 heavy (non-hydrogen) atoms. The standard InChI is InChI=1S/C20H24O5/c1-10-9-23-16-14(10)17(24-18(22)20(5)12(3)25-20)19(4)11(2)7-6-8-13(19)15(16)21/h8-9,11-12,17H,6-7H2,1-5H3. The van der Waals surface area contributed by atoms with Gasteiger partial charge >= 0.3 is 5.97 Å². The Labute approximate surface area is 147 Å². The van der Waals surface area contributed by atoms with Crippen molar-refractivity contribution < 1.29 is 23.5 Å². The highest BCUT2D eigenvalue weighted by molar-refractivity contribution is 6.10. The second-order valence-electron chi connectivity index (χ2n) is 8.02. The van der Waals surface area contributed by atoms with Crippen LogP contribution in [0.1, 0.15) is 68.3 Å². The number of rotatable bonds is 2. The number of epoxide rings is 1. The minimum Gasteiger partial charge on any atom is -0.460 e. The van der Waals surface area contributed by atoms with Gasteiger partial charge in [-0.2, -0.15) is 0 Å². The third-order valence-corrected chi connectivity index (χ3v) is 6.60. The molecule has 5 atom stereocenters. The third-order valence-electron chi connectivity index (χ3n) is 6.60. The maximum atomic E-state index is 13.0. The van der Waals surface area contributed by atoms with Crippen molar-refractivity contribution in [3.05, 3.63) is 34.8 Å². The Kier molecular flexibility index (Phi) is 3.36. The largest absolute Gasteiger partial charge is 0.460 e. The first kappa shape index (κ1) is 16.6. The van der Waals surface area contributed by atoms with Crippen molar-refractivity contribution in [1.29, 1.82) is 0 Å². The molecule has 1 aliphatic heterocycles. The van der Waals surface area contributed by atoms with E-state index in [-0.39, 0.29) is 23.8 Å². The van der Waals surface area contributed by atoms with Crippen molar-refractivity contribution in [2.45, 2.75) is 65.3 Å². The molecule has 1 aromatic heterocycles. The number of furan rings is 1. The summed E-state index contributed by atoms with van der Waals surface area (Å²) in [5, 5.41) is 0. The minimum atomic E-state index is -0.891. The molecule has 3 aliphatic rings. The molecule has 5 nitrogen and oxygen atoms in total. The summed E-state index contributed by atoms with van der Waals surface area (Å²) in [4.78, 5) is 25.8. The minimum absolute atomic E-state index is 0.0771. The van der Waals surface area contributed by atoms with E-state index in [0.717, 1.165) is 18.4 Å². The molecule has 0 bridgehead atoms. The summed E-state index contributed by atoms with van der Waals surface area (Å²) < 4.78 is 17.0. The van der Waals surface area contributed by atoms with Crippen LogP contribution in [0, 0.1) is 18.3 Å². The topological polar surface area (TPSA) is 69.0 Å². The van der Waals surface area contributed by atoms with E-state index in [2.05, 4.69) is 6.92 Å². The van der Waals surface area contributed by atoms with Gasteiger partial charge in [-0.15, -0.1) is 0 Å². The molecule has 1 aromatic rings. The molecule has 2 heterocycles. The van der Waals surface area contributed by atoms with Crippen LogP contribution in [0.25, 0.3) is 0 Å². The molecule has 0 spiro atoms. The first-order valence-electron chi connectivity index (χ1n) is 8.93. The summed E-state index contributed by atoms with van der Waals surface area (Å²) in [6.07, 6.45) is 4.68. The van der Waals surface area contributed by atoms with Crippen LogP contribution in [-0.2, 0) is 14.3 Å². The average Bonchev–Trinajstić information content (AvgIpc) is 3.00. The van der Waals surface area contributed by atoms with E-state index in [1.54, 1.807) is 13.2 Å². The number of hydrogen-bond acceptors (Lipinski definition) is 5. The van der Waals surface area contributed by atoms with Gasteiger partial charge in [-0.3, -0.25) is 4.79 Å². The Bertz CT molecular complexity index is 803. The van der Waals surface area contributed by atoms with Crippen molar-refractivity contribution in [3.63, 3.8) is 0 Å². The normalized spacial score (nSPS) is 39.3. The average molecular weight is 344 g/mol. The number of ketones is 1. The zero-order chi connectivity index (χ0) is 18.1. The first-order valence-corrected chi connectivity index (χ1v) is 8.93. The summed E-state index contributed by atoms with van der Waals surface area (Å²) in [7, 11) is 0. The molecular weight excluding hydrogens is 320 g/mol. The van der Waals surface area contributed by atoms with E-state index in [0.29, 0.717) is 16.9 Å². The van der Waals surface area contributed by atoms with Crippen molar-refractivity contribution in [2.24, 2.45) is 11.3 Å². The Morgan fingerprint density at radius 2 is 2.00 bits per heavy atom. The number of Topliss-reactive ketones (excluding diaryl/α,β-unsaturated/α-hetero) is 1. The van der Waals surface area contributed by atoms with E-state index in [1.165, 1.54) is 0 Å². The molecule has 5 unspecified atom stereocenters. The lowest BCUT2D eigenvalue weighted by atomic mass is 9.58. The van der Waals surface area contributed by atoms with Crippen molar-refractivity contribution in [2.75, 3.05) is 0 Å². The van der Waals surface area contributed by atoms with Gasteiger partial charge in [-0.05, 0) is 45.1 Å². The predicted molar refractivity (Wildman–Crippen MR) is 90.1 cm³/mol. The number of esters is 1. The molecule has 134 valence electrons. The highest BCUT2D eigenvalue weighted by atomic mass is 16.7. The smallest absolute Gasteiger partial charge is 0.341 e. The summed E-state index contributed by atoms with van der Waals surface area (Å²) in [6, 6.07) is 0. The maximum absolute atomic E-state index is 13.0. The van der Waals surface area contributed by atoms with Gasteiger partial charge in [-0.25, -0.2) is 4.79 Å². The van der Waals surface area contributed by atoms with Gasteiger partial charge in [0.15, 0.2) is 11.4 Å². The molecule has 2 aliphatic carbocycles. The predicted octanol–water partition coefficient (Wildman–Crippen LogP) is 3.91. The zero-order valence-corrected chi connectivity index (χ0v) is 15.3. The number of allylic oxidation sites excluding steroid dienone is 1. The van der Waals surface area contributed by atoms with Crippen molar-refractivity contribution in [3.8, 4) is 0 Å². The summed E-state index contributed by atoms with van der Waals surface area (Å²) in [5.41, 5.74) is 0.817. The Balaban J connectivity index is 1.84. The lowest BCUT2D eigenvalue weighted by Gasteiger charge is -2.47. The lowest BCUT2D eigenvalue weighted by Crippen LogP contribution is -2.46. The van der Waals surface area contributed by atoms with Crippen LogP contribution in [0.5, 0.6) is 0 Å². The van der Waals surface area contributed by atoms with Gasteiger partial charge in [0, 0.05) is 16.6 Å². The second-order valence-corrected chi connectivity index (χ2v) is 8.02. The third kappa shape index (κ3) is 2.05. The van der Waals surface area contributed by atoms with E-state index in [1.807, 2.05) is 26.8 Å². The quantitative estimate of drug-likeness (QED) is 0.601. The number of fused-ring (bicyclic) bond motifs is 2. The first-order chi connectivity index (χ1) is 11.7. The molecule has 0 aromatic carbocycles. The van der Waals surface area contributed by atoms with Gasteiger partial charge < -0.3 is 13.9 Å². The highest BCUT2D eigenvalue weighted by Gasteiger charge is 2.61. The maximum Gasteiger partial charge on any atom is 0.341 e. The van der Waals surface area contributed by atoms with Crippen LogP contribution < -0.4 is 0 Å². The van der Waals surface area contributed by atoms with Crippen LogP contribution in [0.2, 0.25) is 0 Å². The van der Waals surface area contributed by atoms with E-state index < -0.39 is 17.1 Å². The fourth-order valence-corrected chi connectivity index (χ4v) is 4.33. The van der Waals surface area contributed by atoms with Crippen LogP contribution in [-0.4, -0.2) is 23.5 Å². The Hall–Kier alpha value is -1.88. The highest BCUT2D eigenvalue weighted by Crippen LogP contribution is 2.58. The van der Waals surface area contributed by atoms with Gasteiger partial charge in [0.25, 0.3) is 0 Å².